The van der Waals surface area contributed by atoms with E-state index in [4.69, 9.17) is 0 Å². The zero-order chi connectivity index (χ0) is 22.8. The maximum absolute atomic E-state index is 12.9. The average molecular weight is 446 g/mol. The maximum Gasteiger partial charge on any atom is 0.333 e. The Morgan fingerprint density at radius 1 is 0.938 bits per heavy atom. The van der Waals surface area contributed by atoms with Crippen molar-refractivity contribution in [1.82, 2.24) is 9.13 Å². The summed E-state index contributed by atoms with van der Waals surface area (Å²) in [7, 11) is 2.82. The van der Waals surface area contributed by atoms with Crippen molar-refractivity contribution in [2.45, 2.75) is 12.7 Å². The molecule has 0 fully saturated rings. The van der Waals surface area contributed by atoms with Gasteiger partial charge in [0, 0.05) is 19.8 Å². The molecular formula is C25H23N3O3S. The van der Waals surface area contributed by atoms with Crippen LogP contribution in [-0.2, 0) is 19.8 Å². The molecular weight excluding hydrogens is 422 g/mol. The predicted octanol–water partition coefficient (Wildman–Crippen LogP) is 4.26. The first-order valence-corrected chi connectivity index (χ1v) is 11.1. The fourth-order valence-electron chi connectivity index (χ4n) is 3.40. The van der Waals surface area contributed by atoms with E-state index in [1.54, 1.807) is 0 Å². The Bertz CT molecular complexity index is 1450. The molecule has 0 saturated carbocycles. The monoisotopic (exact) mass is 445 g/mol. The van der Waals surface area contributed by atoms with Gasteiger partial charge in [-0.1, -0.05) is 60.2 Å². The summed E-state index contributed by atoms with van der Waals surface area (Å²) in [5.74, 6) is 0.149. The van der Waals surface area contributed by atoms with Crippen LogP contribution in [0.15, 0.2) is 81.3 Å². The number of aromatic nitrogens is 2. The van der Waals surface area contributed by atoms with Gasteiger partial charge in [-0.05, 0) is 35.4 Å². The fraction of sp³-hybridized carbons (Fsp3) is 0.160. The molecule has 162 valence electrons. The van der Waals surface area contributed by atoms with Crippen LogP contribution < -0.4 is 11.2 Å². The Labute approximate surface area is 189 Å². The second-order valence-electron chi connectivity index (χ2n) is 7.63. The molecule has 1 heterocycles. The number of aryl methyl sites for hydroxylation is 1. The number of hydrogen-bond acceptors (Lipinski definition) is 5. The molecule has 0 radical (unpaired) electrons. The molecule has 0 atom stereocenters. The van der Waals surface area contributed by atoms with Gasteiger partial charge >= 0.3 is 5.69 Å². The van der Waals surface area contributed by atoms with E-state index in [1.807, 2.05) is 49.4 Å². The van der Waals surface area contributed by atoms with Gasteiger partial charge in [0.2, 0.25) is 5.88 Å². The number of fused-ring (bicyclic) bond motifs is 1. The number of benzene rings is 3. The minimum atomic E-state index is -0.592. The van der Waals surface area contributed by atoms with E-state index in [9.17, 15) is 14.7 Å². The first kappa shape index (κ1) is 21.6. The molecule has 0 aliphatic rings. The lowest BCUT2D eigenvalue weighted by Crippen LogP contribution is -2.39. The average Bonchev–Trinajstić information content (AvgIpc) is 2.81. The number of aliphatic imine (C=N–C) groups is 1. The number of nitrogens with zero attached hydrogens (tertiary/aromatic N) is 3. The molecule has 0 spiro atoms. The summed E-state index contributed by atoms with van der Waals surface area (Å²) in [5.41, 5.74) is 1.66. The Morgan fingerprint density at radius 2 is 1.62 bits per heavy atom. The molecule has 7 heteroatoms. The van der Waals surface area contributed by atoms with Crippen molar-refractivity contribution in [2.75, 3.05) is 0 Å². The van der Waals surface area contributed by atoms with Gasteiger partial charge in [0.15, 0.2) is 0 Å². The van der Waals surface area contributed by atoms with Gasteiger partial charge in [0.25, 0.3) is 5.56 Å². The smallest absolute Gasteiger partial charge is 0.333 e. The largest absolute Gasteiger partial charge is 0.494 e. The highest BCUT2D eigenvalue weighted by molar-refractivity contribution is 8.13. The first-order valence-electron chi connectivity index (χ1n) is 10.1. The van der Waals surface area contributed by atoms with E-state index in [-0.39, 0.29) is 5.56 Å². The normalized spacial score (nSPS) is 11.8. The van der Waals surface area contributed by atoms with Crippen molar-refractivity contribution in [3.05, 3.63) is 104 Å². The molecule has 0 saturated heterocycles. The molecule has 0 aliphatic carbocycles. The second-order valence-corrected chi connectivity index (χ2v) is 8.59. The van der Waals surface area contributed by atoms with Crippen LogP contribution in [0, 0.1) is 6.92 Å². The maximum atomic E-state index is 12.9. The van der Waals surface area contributed by atoms with Crippen molar-refractivity contribution in [3.63, 3.8) is 0 Å². The van der Waals surface area contributed by atoms with E-state index < -0.39 is 17.1 Å². The van der Waals surface area contributed by atoms with Gasteiger partial charge in [-0.2, -0.15) is 0 Å². The molecule has 0 unspecified atom stereocenters. The Morgan fingerprint density at radius 3 is 2.34 bits per heavy atom. The summed E-state index contributed by atoms with van der Waals surface area (Å²) < 4.78 is 2.04. The van der Waals surface area contributed by atoms with Crippen LogP contribution in [0.4, 0.5) is 5.69 Å². The summed E-state index contributed by atoms with van der Waals surface area (Å²) in [6.45, 7) is 1.98. The summed E-state index contributed by atoms with van der Waals surface area (Å²) in [6, 6.07) is 21.9. The van der Waals surface area contributed by atoms with Crippen molar-refractivity contribution in [2.24, 2.45) is 19.1 Å². The second kappa shape index (κ2) is 8.88. The van der Waals surface area contributed by atoms with Gasteiger partial charge in [-0.15, -0.1) is 11.8 Å². The van der Waals surface area contributed by atoms with Crippen LogP contribution in [0.2, 0.25) is 0 Å². The van der Waals surface area contributed by atoms with E-state index in [0.717, 1.165) is 31.0 Å². The number of hydrogen-bond donors (Lipinski definition) is 1. The third kappa shape index (κ3) is 4.24. The zero-order valence-electron chi connectivity index (χ0n) is 18.1. The predicted molar refractivity (Wildman–Crippen MR) is 131 cm³/mol. The molecule has 1 aromatic heterocycles. The summed E-state index contributed by atoms with van der Waals surface area (Å²) in [4.78, 5) is 29.8. The lowest BCUT2D eigenvalue weighted by molar-refractivity contribution is 0.410. The highest BCUT2D eigenvalue weighted by Gasteiger charge is 2.21. The molecule has 0 bridgehead atoms. The summed E-state index contributed by atoms with van der Waals surface area (Å²) in [5, 5.41) is 13.3. The van der Waals surface area contributed by atoms with Crippen molar-refractivity contribution in [3.8, 4) is 5.88 Å². The standard InChI is InChI=1S/C25H23N3O3S/c1-16-8-12-20(13-9-16)26-22(21-23(29)27(2)25(31)28(3)24(21)30)32-15-17-10-11-18-6-4-5-7-19(18)14-17/h4-14,29H,15H2,1-3H3. The molecule has 4 aromatic rings. The highest BCUT2D eigenvalue weighted by Crippen LogP contribution is 2.27. The fourth-order valence-corrected chi connectivity index (χ4v) is 4.37. The molecule has 0 aliphatic heterocycles. The van der Waals surface area contributed by atoms with E-state index in [2.05, 4.69) is 29.3 Å². The molecule has 32 heavy (non-hydrogen) atoms. The number of aromatic hydroxyl groups is 1. The van der Waals surface area contributed by atoms with Crippen LogP contribution >= 0.6 is 11.8 Å². The summed E-state index contributed by atoms with van der Waals surface area (Å²) in [6.07, 6.45) is 0. The molecule has 1 N–H and O–H groups in total. The molecule has 0 amide bonds. The van der Waals surface area contributed by atoms with Crippen LogP contribution in [0.5, 0.6) is 5.88 Å². The quantitative estimate of drug-likeness (QED) is 0.376. The Kier molecular flexibility index (Phi) is 6.01. The van der Waals surface area contributed by atoms with Crippen LogP contribution in [0.3, 0.4) is 0 Å². The van der Waals surface area contributed by atoms with Gasteiger partial charge in [-0.25, -0.2) is 9.79 Å². The SMILES string of the molecule is Cc1ccc(N=C(SCc2ccc3ccccc3c2)c2c(O)n(C)c(=O)n(C)c2=O)cc1. The molecule has 6 nitrogen and oxygen atoms in total. The molecule has 3 aromatic carbocycles. The minimum Gasteiger partial charge on any atom is -0.494 e. The van der Waals surface area contributed by atoms with Crippen LogP contribution in [0.1, 0.15) is 16.7 Å². The van der Waals surface area contributed by atoms with Crippen LogP contribution in [-0.4, -0.2) is 19.3 Å². The highest BCUT2D eigenvalue weighted by atomic mass is 32.2. The topological polar surface area (TPSA) is 76.6 Å². The zero-order valence-corrected chi connectivity index (χ0v) is 18.9. The van der Waals surface area contributed by atoms with E-state index in [1.165, 1.54) is 25.9 Å². The van der Waals surface area contributed by atoms with Crippen molar-refractivity contribution in [1.29, 1.82) is 0 Å². The molecule has 4 rings (SSSR count). The van der Waals surface area contributed by atoms with Gasteiger partial charge in [-0.3, -0.25) is 13.9 Å². The van der Waals surface area contributed by atoms with E-state index in [0.29, 0.717) is 16.5 Å². The number of thioether (sulfide) groups is 1. The third-order valence-corrected chi connectivity index (χ3v) is 6.35. The lowest BCUT2D eigenvalue weighted by Gasteiger charge is -2.13. The summed E-state index contributed by atoms with van der Waals surface area (Å²) >= 11 is 1.35. The lowest BCUT2D eigenvalue weighted by atomic mass is 10.1. The van der Waals surface area contributed by atoms with Gasteiger partial charge in [0.1, 0.15) is 10.6 Å². The Balaban J connectivity index is 1.79. The van der Waals surface area contributed by atoms with Crippen LogP contribution in [0.25, 0.3) is 10.8 Å². The minimum absolute atomic E-state index is 0.0148. The van der Waals surface area contributed by atoms with Crippen molar-refractivity contribution >= 4 is 33.3 Å². The Hall–Kier alpha value is -3.58. The first-order chi connectivity index (χ1) is 15.3. The van der Waals surface area contributed by atoms with Gasteiger partial charge in [0.05, 0.1) is 5.69 Å². The van der Waals surface area contributed by atoms with Crippen molar-refractivity contribution < 1.29 is 5.11 Å². The van der Waals surface area contributed by atoms with E-state index >= 15 is 0 Å². The van der Waals surface area contributed by atoms with Gasteiger partial charge < -0.3 is 5.11 Å². The number of rotatable bonds is 4. The third-order valence-electron chi connectivity index (χ3n) is 5.30.